The lowest BCUT2D eigenvalue weighted by atomic mass is 10.2. The van der Waals surface area contributed by atoms with E-state index in [9.17, 15) is 9.59 Å². The van der Waals surface area contributed by atoms with Gasteiger partial charge in [0.2, 0.25) is 0 Å². The van der Waals surface area contributed by atoms with E-state index < -0.39 is 0 Å². The van der Waals surface area contributed by atoms with E-state index in [-0.39, 0.29) is 24.0 Å². The van der Waals surface area contributed by atoms with Gasteiger partial charge >= 0.3 is 11.8 Å². The second-order valence-corrected chi connectivity index (χ2v) is 5.35. The number of nitrogens with one attached hydrogen (secondary N) is 1. The maximum absolute atomic E-state index is 12.3. The summed E-state index contributed by atoms with van der Waals surface area (Å²) in [5, 5.41) is 3.23. The molecule has 0 spiro atoms. The number of nitrogens with zero attached hydrogens (tertiary/aromatic N) is 2. The largest absolute Gasteiger partial charge is 0.375 e. The molecule has 6 heteroatoms. The van der Waals surface area contributed by atoms with E-state index in [1.807, 2.05) is 13.8 Å². The Labute approximate surface area is 114 Å². The van der Waals surface area contributed by atoms with Crippen LogP contribution in [0.25, 0.3) is 0 Å². The Balaban J connectivity index is 1.98. The predicted molar refractivity (Wildman–Crippen MR) is 70.7 cm³/mol. The highest BCUT2D eigenvalue weighted by Crippen LogP contribution is 2.12. The molecule has 0 saturated carbocycles. The lowest BCUT2D eigenvalue weighted by Crippen LogP contribution is -2.55. The fourth-order valence-corrected chi connectivity index (χ4v) is 2.49. The minimum Gasteiger partial charge on any atom is -0.375 e. The Morgan fingerprint density at radius 3 is 2.74 bits per heavy atom. The third-order valence-electron chi connectivity index (χ3n) is 3.68. The van der Waals surface area contributed by atoms with Crippen LogP contribution >= 0.6 is 0 Å². The highest BCUT2D eigenvalue weighted by molar-refractivity contribution is 6.35. The van der Waals surface area contributed by atoms with Gasteiger partial charge in [0.1, 0.15) is 0 Å². The van der Waals surface area contributed by atoms with Crippen LogP contribution in [-0.4, -0.2) is 73.1 Å². The molecule has 1 N–H and O–H groups in total. The first kappa shape index (κ1) is 14.3. The van der Waals surface area contributed by atoms with E-state index >= 15 is 0 Å². The third-order valence-corrected chi connectivity index (χ3v) is 3.68. The maximum Gasteiger partial charge on any atom is 0.312 e. The number of ether oxygens (including phenoxy) is 1. The van der Waals surface area contributed by atoms with Gasteiger partial charge in [0.25, 0.3) is 0 Å². The normalized spacial score (nSPS) is 28.9. The van der Waals surface area contributed by atoms with Crippen LogP contribution in [0.1, 0.15) is 20.3 Å². The molecule has 0 bridgehead atoms. The van der Waals surface area contributed by atoms with Crippen molar-refractivity contribution in [2.24, 2.45) is 0 Å². The van der Waals surface area contributed by atoms with Crippen molar-refractivity contribution in [3.05, 3.63) is 0 Å². The molecular formula is C13H23N3O3. The van der Waals surface area contributed by atoms with Crippen molar-refractivity contribution in [1.29, 1.82) is 0 Å². The van der Waals surface area contributed by atoms with Crippen LogP contribution in [0.3, 0.4) is 0 Å². The second kappa shape index (κ2) is 6.34. The van der Waals surface area contributed by atoms with Gasteiger partial charge in [0.15, 0.2) is 0 Å². The van der Waals surface area contributed by atoms with E-state index in [1.54, 1.807) is 9.80 Å². The smallest absolute Gasteiger partial charge is 0.312 e. The molecule has 2 saturated heterocycles. The van der Waals surface area contributed by atoms with Crippen molar-refractivity contribution < 1.29 is 14.3 Å². The summed E-state index contributed by atoms with van der Waals surface area (Å²) in [6.07, 6.45) is 0.896. The molecule has 0 radical (unpaired) electrons. The van der Waals surface area contributed by atoms with E-state index in [4.69, 9.17) is 4.74 Å². The van der Waals surface area contributed by atoms with Gasteiger partial charge in [0, 0.05) is 26.2 Å². The van der Waals surface area contributed by atoms with E-state index in [0.717, 1.165) is 19.5 Å². The highest BCUT2D eigenvalue weighted by atomic mass is 16.5. The SMILES string of the molecule is CC1CN(C(=O)C(=O)N2CCCNCC2)C(C)CO1. The van der Waals surface area contributed by atoms with Crippen molar-refractivity contribution in [1.82, 2.24) is 15.1 Å². The highest BCUT2D eigenvalue weighted by Gasteiger charge is 2.33. The molecule has 2 amide bonds. The van der Waals surface area contributed by atoms with Crippen LogP contribution in [0.4, 0.5) is 0 Å². The number of hydrogen-bond donors (Lipinski definition) is 1. The standard InChI is InChI=1S/C13H23N3O3/c1-10-9-19-11(2)8-16(10)13(18)12(17)15-6-3-4-14-5-7-15/h10-11,14H,3-9H2,1-2H3. The van der Waals surface area contributed by atoms with Gasteiger partial charge in [-0.2, -0.15) is 0 Å². The van der Waals surface area contributed by atoms with Gasteiger partial charge in [-0.1, -0.05) is 0 Å². The van der Waals surface area contributed by atoms with Gasteiger partial charge in [-0.3, -0.25) is 9.59 Å². The Morgan fingerprint density at radius 2 is 1.95 bits per heavy atom. The first-order valence-corrected chi connectivity index (χ1v) is 7.02. The van der Waals surface area contributed by atoms with Gasteiger partial charge in [-0.15, -0.1) is 0 Å². The van der Waals surface area contributed by atoms with Gasteiger partial charge in [-0.05, 0) is 26.8 Å². The summed E-state index contributed by atoms with van der Waals surface area (Å²) in [7, 11) is 0. The molecule has 2 heterocycles. The molecule has 2 rings (SSSR count). The number of hydrogen-bond acceptors (Lipinski definition) is 4. The summed E-state index contributed by atoms with van der Waals surface area (Å²) >= 11 is 0. The van der Waals surface area contributed by atoms with Crippen LogP contribution in [0, 0.1) is 0 Å². The summed E-state index contributed by atoms with van der Waals surface area (Å²) in [6.45, 7) is 7.77. The molecular weight excluding hydrogens is 246 g/mol. The third kappa shape index (κ3) is 3.45. The Morgan fingerprint density at radius 1 is 1.16 bits per heavy atom. The number of carbonyl (C=O) groups excluding carboxylic acids is 2. The molecule has 2 aliphatic rings. The topological polar surface area (TPSA) is 61.9 Å². The van der Waals surface area contributed by atoms with E-state index in [1.165, 1.54) is 0 Å². The van der Waals surface area contributed by atoms with Crippen molar-refractivity contribution in [3.63, 3.8) is 0 Å². The van der Waals surface area contributed by atoms with Gasteiger partial charge < -0.3 is 19.9 Å². The minimum absolute atomic E-state index is 0.00116. The van der Waals surface area contributed by atoms with E-state index in [2.05, 4.69) is 5.32 Å². The fraction of sp³-hybridized carbons (Fsp3) is 0.846. The average Bonchev–Trinajstić information content (AvgIpc) is 2.69. The van der Waals surface area contributed by atoms with Crippen molar-refractivity contribution in [2.75, 3.05) is 39.3 Å². The van der Waals surface area contributed by atoms with Crippen molar-refractivity contribution >= 4 is 11.8 Å². The van der Waals surface area contributed by atoms with Crippen molar-refractivity contribution in [2.45, 2.75) is 32.4 Å². The first-order chi connectivity index (χ1) is 9.09. The lowest BCUT2D eigenvalue weighted by molar-refractivity contribution is -0.158. The van der Waals surface area contributed by atoms with Crippen LogP contribution in [0.5, 0.6) is 0 Å². The lowest BCUT2D eigenvalue weighted by Gasteiger charge is -2.37. The Kier molecular flexibility index (Phi) is 4.76. The molecule has 0 aromatic carbocycles. The molecule has 2 atom stereocenters. The number of amides is 2. The molecule has 0 aromatic rings. The van der Waals surface area contributed by atoms with Crippen LogP contribution < -0.4 is 5.32 Å². The average molecular weight is 269 g/mol. The maximum atomic E-state index is 12.3. The summed E-state index contributed by atoms with van der Waals surface area (Å²) in [5.41, 5.74) is 0. The molecule has 2 unspecified atom stereocenters. The number of rotatable bonds is 0. The molecule has 6 nitrogen and oxygen atoms in total. The molecule has 108 valence electrons. The predicted octanol–water partition coefficient (Wildman–Crippen LogP) is -0.556. The Bertz CT molecular complexity index is 340. The second-order valence-electron chi connectivity index (χ2n) is 5.35. The fourth-order valence-electron chi connectivity index (χ4n) is 2.49. The zero-order valence-corrected chi connectivity index (χ0v) is 11.7. The van der Waals surface area contributed by atoms with Crippen LogP contribution in [0.15, 0.2) is 0 Å². The molecule has 2 fully saturated rings. The zero-order valence-electron chi connectivity index (χ0n) is 11.7. The summed E-state index contributed by atoms with van der Waals surface area (Å²) < 4.78 is 5.49. The van der Waals surface area contributed by atoms with Gasteiger partial charge in [-0.25, -0.2) is 0 Å². The molecule has 2 aliphatic heterocycles. The van der Waals surface area contributed by atoms with Crippen molar-refractivity contribution in [3.8, 4) is 0 Å². The molecule has 0 aromatic heterocycles. The first-order valence-electron chi connectivity index (χ1n) is 7.02. The summed E-state index contributed by atoms with van der Waals surface area (Å²) in [5.74, 6) is -0.755. The summed E-state index contributed by atoms with van der Waals surface area (Å²) in [4.78, 5) is 27.9. The molecule has 19 heavy (non-hydrogen) atoms. The number of carbonyl (C=O) groups is 2. The van der Waals surface area contributed by atoms with Crippen LogP contribution in [0.2, 0.25) is 0 Å². The minimum atomic E-state index is -0.385. The Hall–Kier alpha value is -1.14. The quantitative estimate of drug-likeness (QED) is 0.599. The monoisotopic (exact) mass is 269 g/mol. The summed E-state index contributed by atoms with van der Waals surface area (Å²) in [6, 6.07) is -0.0299. The van der Waals surface area contributed by atoms with Gasteiger partial charge in [0.05, 0.1) is 18.8 Å². The van der Waals surface area contributed by atoms with Crippen LogP contribution in [-0.2, 0) is 14.3 Å². The zero-order chi connectivity index (χ0) is 13.8. The van der Waals surface area contributed by atoms with E-state index in [0.29, 0.717) is 26.2 Å². The molecule has 0 aliphatic carbocycles. The number of morpholine rings is 1.